The normalized spacial score (nSPS) is 10.8. The second kappa shape index (κ2) is 10.8. The highest BCUT2D eigenvalue weighted by molar-refractivity contribution is 9.11. The number of carbonyl (C=O) groups is 1. The average molecular weight is 542 g/mol. The van der Waals surface area contributed by atoms with Gasteiger partial charge in [-0.05, 0) is 60.2 Å². The van der Waals surface area contributed by atoms with Crippen molar-refractivity contribution in [2.75, 3.05) is 12.4 Å². The van der Waals surface area contributed by atoms with E-state index in [0.29, 0.717) is 23.8 Å². The van der Waals surface area contributed by atoms with Crippen LogP contribution in [0, 0.1) is 11.3 Å². The first-order valence-corrected chi connectivity index (χ1v) is 10.8. The van der Waals surface area contributed by atoms with Gasteiger partial charge in [0.25, 0.3) is 5.91 Å². The van der Waals surface area contributed by atoms with E-state index >= 15 is 0 Å². The maximum atomic E-state index is 12.4. The summed E-state index contributed by atoms with van der Waals surface area (Å²) in [5.74, 6) is 0.894. The molecule has 0 saturated heterocycles. The number of hydrogen-bond acceptors (Lipinski definition) is 4. The second-order valence-corrected chi connectivity index (χ2v) is 8.22. The molecule has 3 aromatic carbocycles. The molecule has 1 N–H and O–H groups in total. The predicted octanol–water partition coefficient (Wildman–Crippen LogP) is 6.34. The minimum absolute atomic E-state index is 0.00304. The Morgan fingerprint density at radius 3 is 2.32 bits per heavy atom. The number of ether oxygens (including phenoxy) is 2. The zero-order valence-corrected chi connectivity index (χ0v) is 19.7. The molecule has 5 nitrogen and oxygen atoms in total. The summed E-state index contributed by atoms with van der Waals surface area (Å²) in [7, 11) is 1.57. The molecular formula is C24H18Br2N2O3. The average Bonchev–Trinajstić information content (AvgIpc) is 2.78. The van der Waals surface area contributed by atoms with E-state index in [1.165, 1.54) is 6.08 Å². The molecule has 0 aliphatic heterocycles. The number of nitriles is 1. The van der Waals surface area contributed by atoms with Crippen molar-refractivity contribution in [2.24, 2.45) is 0 Å². The first kappa shape index (κ1) is 22.6. The Bertz CT molecular complexity index is 1130. The fraction of sp³-hybridized carbons (Fsp3) is 0.0833. The quantitative estimate of drug-likeness (QED) is 0.279. The van der Waals surface area contributed by atoms with Gasteiger partial charge in [0, 0.05) is 20.2 Å². The van der Waals surface area contributed by atoms with Crippen LogP contribution in [-0.2, 0) is 11.4 Å². The van der Waals surface area contributed by atoms with Gasteiger partial charge in [0.05, 0.1) is 7.11 Å². The third kappa shape index (κ3) is 6.45. The maximum absolute atomic E-state index is 12.4. The van der Waals surface area contributed by atoms with Crippen molar-refractivity contribution >= 4 is 49.5 Å². The SMILES string of the molecule is COc1ccc(NC(=O)/C(C#N)=C\c2ccc(OCc3ccc(Br)cc3Br)cc2)cc1. The lowest BCUT2D eigenvalue weighted by atomic mass is 10.1. The van der Waals surface area contributed by atoms with Gasteiger partial charge in [-0.1, -0.05) is 50.1 Å². The second-order valence-electron chi connectivity index (χ2n) is 6.45. The van der Waals surface area contributed by atoms with Crippen molar-refractivity contribution in [1.29, 1.82) is 5.26 Å². The largest absolute Gasteiger partial charge is 0.497 e. The Morgan fingerprint density at radius 2 is 1.71 bits per heavy atom. The van der Waals surface area contributed by atoms with Crippen LogP contribution in [0.25, 0.3) is 6.08 Å². The van der Waals surface area contributed by atoms with Gasteiger partial charge in [0.15, 0.2) is 0 Å². The Morgan fingerprint density at radius 1 is 1.03 bits per heavy atom. The lowest BCUT2D eigenvalue weighted by Crippen LogP contribution is -2.13. The molecule has 0 aliphatic carbocycles. The number of benzene rings is 3. The summed E-state index contributed by atoms with van der Waals surface area (Å²) < 4.78 is 12.9. The molecule has 3 rings (SSSR count). The summed E-state index contributed by atoms with van der Waals surface area (Å²) in [5.41, 5.74) is 2.32. The summed E-state index contributed by atoms with van der Waals surface area (Å²) in [6, 6.07) is 21.9. The molecule has 0 radical (unpaired) electrons. The molecule has 0 saturated carbocycles. The number of hydrogen-bond donors (Lipinski definition) is 1. The van der Waals surface area contributed by atoms with Gasteiger partial charge < -0.3 is 14.8 Å². The van der Waals surface area contributed by atoms with E-state index in [-0.39, 0.29) is 5.57 Å². The molecule has 0 spiro atoms. The van der Waals surface area contributed by atoms with Crippen molar-refractivity contribution in [2.45, 2.75) is 6.61 Å². The number of amides is 1. The highest BCUT2D eigenvalue weighted by Crippen LogP contribution is 2.24. The standard InChI is InChI=1S/C24H18Br2N2O3/c1-30-21-10-6-20(7-11-21)28-24(29)18(14-27)12-16-2-8-22(9-3-16)31-15-17-4-5-19(25)13-23(17)26/h2-13H,15H2,1H3,(H,28,29)/b18-12-. The maximum Gasteiger partial charge on any atom is 0.266 e. The summed E-state index contributed by atoms with van der Waals surface area (Å²) in [6.07, 6.45) is 1.54. The molecule has 7 heteroatoms. The fourth-order valence-electron chi connectivity index (χ4n) is 2.65. The van der Waals surface area contributed by atoms with Gasteiger partial charge in [0.2, 0.25) is 0 Å². The monoisotopic (exact) mass is 540 g/mol. The number of halogens is 2. The fourth-order valence-corrected chi connectivity index (χ4v) is 3.81. The summed E-state index contributed by atoms with van der Waals surface area (Å²) in [6.45, 7) is 0.413. The molecule has 3 aromatic rings. The predicted molar refractivity (Wildman–Crippen MR) is 128 cm³/mol. The Balaban J connectivity index is 1.64. The molecule has 0 unspecified atom stereocenters. The number of methoxy groups -OCH3 is 1. The van der Waals surface area contributed by atoms with E-state index in [1.807, 2.05) is 24.3 Å². The smallest absolute Gasteiger partial charge is 0.266 e. The molecule has 31 heavy (non-hydrogen) atoms. The van der Waals surface area contributed by atoms with Crippen molar-refractivity contribution in [3.05, 3.63) is 92.4 Å². The van der Waals surface area contributed by atoms with Gasteiger partial charge in [0.1, 0.15) is 29.7 Å². The molecule has 0 atom stereocenters. The van der Waals surface area contributed by atoms with Gasteiger partial charge in [-0.25, -0.2) is 0 Å². The van der Waals surface area contributed by atoms with Crippen LogP contribution in [0.5, 0.6) is 11.5 Å². The number of nitrogens with zero attached hydrogens (tertiary/aromatic N) is 1. The van der Waals surface area contributed by atoms with E-state index in [0.717, 1.165) is 20.1 Å². The van der Waals surface area contributed by atoms with Gasteiger partial charge in [-0.3, -0.25) is 4.79 Å². The zero-order chi connectivity index (χ0) is 22.2. The number of anilines is 1. The van der Waals surface area contributed by atoms with Gasteiger partial charge >= 0.3 is 0 Å². The Labute approximate surface area is 197 Å². The topological polar surface area (TPSA) is 71.3 Å². The molecule has 156 valence electrons. The van der Waals surface area contributed by atoms with E-state index in [9.17, 15) is 10.1 Å². The van der Waals surface area contributed by atoms with Crippen LogP contribution in [-0.4, -0.2) is 13.0 Å². The lowest BCUT2D eigenvalue weighted by molar-refractivity contribution is -0.112. The van der Waals surface area contributed by atoms with E-state index in [1.54, 1.807) is 55.6 Å². The van der Waals surface area contributed by atoms with Crippen LogP contribution in [0.2, 0.25) is 0 Å². The molecule has 0 bridgehead atoms. The van der Waals surface area contributed by atoms with Crippen molar-refractivity contribution < 1.29 is 14.3 Å². The molecule has 0 aromatic heterocycles. The van der Waals surface area contributed by atoms with E-state index < -0.39 is 5.91 Å². The molecule has 0 heterocycles. The van der Waals surface area contributed by atoms with Crippen LogP contribution in [0.1, 0.15) is 11.1 Å². The minimum atomic E-state index is -0.479. The number of carbonyl (C=O) groups excluding carboxylic acids is 1. The molecule has 0 fully saturated rings. The zero-order valence-electron chi connectivity index (χ0n) is 16.6. The van der Waals surface area contributed by atoms with Crippen LogP contribution < -0.4 is 14.8 Å². The van der Waals surface area contributed by atoms with E-state index in [2.05, 4.69) is 37.2 Å². The van der Waals surface area contributed by atoms with Crippen LogP contribution in [0.4, 0.5) is 5.69 Å². The van der Waals surface area contributed by atoms with Crippen LogP contribution in [0.3, 0.4) is 0 Å². The lowest BCUT2D eigenvalue weighted by Gasteiger charge is -2.09. The minimum Gasteiger partial charge on any atom is -0.497 e. The van der Waals surface area contributed by atoms with Crippen molar-refractivity contribution in [3.8, 4) is 17.6 Å². The van der Waals surface area contributed by atoms with Crippen LogP contribution in [0.15, 0.2) is 81.2 Å². The highest BCUT2D eigenvalue weighted by Gasteiger charge is 2.10. The Kier molecular flexibility index (Phi) is 7.88. The third-order valence-electron chi connectivity index (χ3n) is 4.31. The Hall–Kier alpha value is -3.08. The summed E-state index contributed by atoms with van der Waals surface area (Å²) in [4.78, 5) is 12.4. The number of rotatable bonds is 7. The highest BCUT2D eigenvalue weighted by atomic mass is 79.9. The van der Waals surface area contributed by atoms with Crippen LogP contribution >= 0.6 is 31.9 Å². The summed E-state index contributed by atoms with van der Waals surface area (Å²) in [5, 5.41) is 12.1. The first-order chi connectivity index (χ1) is 15.0. The third-order valence-corrected chi connectivity index (χ3v) is 5.54. The molecular weight excluding hydrogens is 524 g/mol. The first-order valence-electron chi connectivity index (χ1n) is 9.22. The van der Waals surface area contributed by atoms with Gasteiger partial charge in [-0.2, -0.15) is 5.26 Å². The van der Waals surface area contributed by atoms with Gasteiger partial charge in [-0.15, -0.1) is 0 Å². The molecule has 0 aliphatic rings. The number of nitrogens with one attached hydrogen (secondary N) is 1. The van der Waals surface area contributed by atoms with Crippen molar-refractivity contribution in [3.63, 3.8) is 0 Å². The van der Waals surface area contributed by atoms with Crippen molar-refractivity contribution in [1.82, 2.24) is 0 Å². The van der Waals surface area contributed by atoms with E-state index in [4.69, 9.17) is 9.47 Å². The summed E-state index contributed by atoms with van der Waals surface area (Å²) >= 11 is 6.95. The molecule has 1 amide bonds.